The highest BCUT2D eigenvalue weighted by Crippen LogP contribution is 2.39. The first-order chi connectivity index (χ1) is 12.5. The molecule has 1 aromatic heterocycles. The number of amides is 1. The summed E-state index contributed by atoms with van der Waals surface area (Å²) in [6, 6.07) is 6.12. The van der Waals surface area contributed by atoms with Gasteiger partial charge in [-0.3, -0.25) is 4.79 Å². The van der Waals surface area contributed by atoms with Crippen molar-refractivity contribution in [1.29, 1.82) is 0 Å². The van der Waals surface area contributed by atoms with E-state index in [0.717, 1.165) is 42.5 Å². The van der Waals surface area contributed by atoms with Crippen molar-refractivity contribution in [2.24, 2.45) is 5.92 Å². The molecule has 1 aromatic carbocycles. The van der Waals surface area contributed by atoms with Gasteiger partial charge in [-0.15, -0.1) is 5.10 Å². The quantitative estimate of drug-likeness (QED) is 0.889. The van der Waals surface area contributed by atoms with Crippen molar-refractivity contribution >= 4 is 5.91 Å². The number of benzene rings is 1. The Morgan fingerprint density at radius 3 is 2.58 bits per heavy atom. The molecule has 1 saturated carbocycles. The molecule has 7 nitrogen and oxygen atoms in total. The monoisotopic (exact) mass is 357 g/mol. The number of hydrogen-bond acceptors (Lipinski definition) is 5. The van der Waals surface area contributed by atoms with Crippen molar-refractivity contribution in [1.82, 2.24) is 25.5 Å². The molecule has 2 aromatic rings. The first-order valence-corrected chi connectivity index (χ1v) is 9.12. The Bertz CT molecular complexity index is 758. The third-order valence-corrected chi connectivity index (χ3v) is 5.33. The second kappa shape index (κ2) is 7.53. The van der Waals surface area contributed by atoms with Crippen LogP contribution in [0.1, 0.15) is 49.6 Å². The number of methoxy groups -OCH3 is 1. The maximum Gasteiger partial charge on any atom is 0.246 e. The van der Waals surface area contributed by atoms with Crippen molar-refractivity contribution in [3.63, 3.8) is 0 Å². The van der Waals surface area contributed by atoms with Gasteiger partial charge in [0.1, 0.15) is 12.1 Å². The molecule has 1 amide bonds. The molecule has 1 fully saturated rings. The van der Waals surface area contributed by atoms with Crippen molar-refractivity contribution in [2.75, 3.05) is 13.7 Å². The zero-order valence-corrected chi connectivity index (χ0v) is 16.0. The van der Waals surface area contributed by atoms with Gasteiger partial charge < -0.3 is 10.1 Å². The van der Waals surface area contributed by atoms with E-state index >= 15 is 0 Å². The molecular weight excluding hydrogens is 330 g/mol. The zero-order chi connectivity index (χ0) is 18.7. The number of aryl methyl sites for hydroxylation is 2. The van der Waals surface area contributed by atoms with Gasteiger partial charge in [0, 0.05) is 7.11 Å². The summed E-state index contributed by atoms with van der Waals surface area (Å²) in [6.45, 7) is 6.37. The predicted octanol–water partition coefficient (Wildman–Crippen LogP) is 2.45. The van der Waals surface area contributed by atoms with Crippen LogP contribution in [0.2, 0.25) is 0 Å². The molecule has 3 rings (SSSR count). The van der Waals surface area contributed by atoms with E-state index in [2.05, 4.69) is 27.8 Å². The minimum absolute atomic E-state index is 0.0300. The van der Waals surface area contributed by atoms with E-state index in [1.165, 1.54) is 7.11 Å². The summed E-state index contributed by atoms with van der Waals surface area (Å²) in [5.74, 6) is 1.19. The highest BCUT2D eigenvalue weighted by molar-refractivity contribution is 5.78. The minimum atomic E-state index is -0.569. The summed E-state index contributed by atoms with van der Waals surface area (Å²) >= 11 is 0. The second-order valence-electron chi connectivity index (χ2n) is 7.40. The van der Waals surface area contributed by atoms with Crippen LogP contribution in [0.4, 0.5) is 0 Å². The van der Waals surface area contributed by atoms with Crippen LogP contribution < -0.4 is 5.32 Å². The number of para-hydroxylation sites is 1. The third-order valence-electron chi connectivity index (χ3n) is 5.33. The molecule has 0 aliphatic heterocycles. The van der Waals surface area contributed by atoms with Gasteiger partial charge in [-0.05, 0) is 67.0 Å². The Morgan fingerprint density at radius 2 is 1.96 bits per heavy atom. The van der Waals surface area contributed by atoms with Gasteiger partial charge in [0.2, 0.25) is 5.91 Å². The van der Waals surface area contributed by atoms with Gasteiger partial charge in [-0.2, -0.15) is 4.68 Å². The summed E-state index contributed by atoms with van der Waals surface area (Å²) in [5.41, 5.74) is 2.61. The summed E-state index contributed by atoms with van der Waals surface area (Å²) in [5, 5.41) is 15.8. The molecular formula is C19H27N5O2. The Balaban J connectivity index is 2.06. The fraction of sp³-hybridized carbons (Fsp3) is 0.579. The van der Waals surface area contributed by atoms with Crippen molar-refractivity contribution in [3.05, 3.63) is 35.2 Å². The van der Waals surface area contributed by atoms with E-state index in [9.17, 15) is 4.79 Å². The fourth-order valence-corrected chi connectivity index (χ4v) is 3.87. The topological polar surface area (TPSA) is 81.9 Å². The number of nitrogens with one attached hydrogen (secondary N) is 1. The number of carbonyl (C=O) groups excluding carboxylic acids is 1. The molecule has 0 radical (unpaired) electrons. The molecule has 1 aliphatic carbocycles. The van der Waals surface area contributed by atoms with Gasteiger partial charge in [0.05, 0.1) is 5.69 Å². The Kier molecular flexibility index (Phi) is 5.36. The molecule has 0 spiro atoms. The fourth-order valence-electron chi connectivity index (χ4n) is 3.87. The Morgan fingerprint density at radius 1 is 1.31 bits per heavy atom. The predicted molar refractivity (Wildman–Crippen MR) is 98.0 cm³/mol. The SMILES string of the molecule is COCC(=O)NC1(c2nnnn2-c2c(C)cccc2C)CCC(C)CC1. The van der Waals surface area contributed by atoms with E-state index in [-0.39, 0.29) is 12.5 Å². The molecule has 7 heteroatoms. The molecule has 1 aliphatic rings. The van der Waals surface area contributed by atoms with E-state index < -0.39 is 5.54 Å². The maximum atomic E-state index is 12.4. The second-order valence-corrected chi connectivity index (χ2v) is 7.40. The third kappa shape index (κ3) is 3.49. The average Bonchev–Trinajstić information content (AvgIpc) is 3.07. The maximum absolute atomic E-state index is 12.4. The molecule has 1 N–H and O–H groups in total. The van der Waals surface area contributed by atoms with E-state index in [4.69, 9.17) is 4.74 Å². The highest BCUT2D eigenvalue weighted by atomic mass is 16.5. The summed E-state index contributed by atoms with van der Waals surface area (Å²) in [7, 11) is 1.52. The average molecular weight is 357 g/mol. The summed E-state index contributed by atoms with van der Waals surface area (Å²) in [4.78, 5) is 12.4. The number of hydrogen-bond donors (Lipinski definition) is 1. The van der Waals surface area contributed by atoms with Gasteiger partial charge >= 0.3 is 0 Å². The molecule has 140 valence electrons. The smallest absolute Gasteiger partial charge is 0.246 e. The minimum Gasteiger partial charge on any atom is -0.375 e. The van der Waals surface area contributed by atoms with Crippen molar-refractivity contribution < 1.29 is 9.53 Å². The molecule has 1 heterocycles. The first-order valence-electron chi connectivity index (χ1n) is 9.12. The Hall–Kier alpha value is -2.28. The number of rotatable bonds is 5. The molecule has 26 heavy (non-hydrogen) atoms. The molecule has 0 bridgehead atoms. The number of nitrogens with zero attached hydrogens (tertiary/aromatic N) is 4. The number of ether oxygens (including phenoxy) is 1. The molecule has 0 unspecified atom stereocenters. The van der Waals surface area contributed by atoms with E-state index in [1.54, 1.807) is 4.68 Å². The summed E-state index contributed by atoms with van der Waals surface area (Å²) < 4.78 is 6.81. The van der Waals surface area contributed by atoms with Crippen LogP contribution in [0.3, 0.4) is 0 Å². The summed E-state index contributed by atoms with van der Waals surface area (Å²) in [6.07, 6.45) is 3.67. The lowest BCUT2D eigenvalue weighted by molar-refractivity contribution is -0.127. The number of aromatic nitrogens is 4. The van der Waals surface area contributed by atoms with Crippen LogP contribution in [0.15, 0.2) is 18.2 Å². The number of carbonyl (C=O) groups is 1. The van der Waals surface area contributed by atoms with Crippen molar-refractivity contribution in [2.45, 2.75) is 52.0 Å². The van der Waals surface area contributed by atoms with Crippen LogP contribution in [0, 0.1) is 19.8 Å². The van der Waals surface area contributed by atoms with Crippen LogP contribution in [-0.2, 0) is 15.1 Å². The van der Waals surface area contributed by atoms with Gasteiger partial charge in [-0.1, -0.05) is 25.1 Å². The first kappa shape index (κ1) is 18.5. The van der Waals surface area contributed by atoms with E-state index in [0.29, 0.717) is 11.7 Å². The van der Waals surface area contributed by atoms with Crippen molar-refractivity contribution in [3.8, 4) is 5.69 Å². The van der Waals surface area contributed by atoms with Crippen LogP contribution in [-0.4, -0.2) is 39.8 Å². The van der Waals surface area contributed by atoms with Crippen LogP contribution >= 0.6 is 0 Å². The highest BCUT2D eigenvalue weighted by Gasteiger charge is 2.42. The molecule has 0 saturated heterocycles. The Labute approximate surface area is 154 Å². The van der Waals surface area contributed by atoms with Crippen LogP contribution in [0.5, 0.6) is 0 Å². The van der Waals surface area contributed by atoms with E-state index in [1.807, 2.05) is 32.0 Å². The lowest BCUT2D eigenvalue weighted by Crippen LogP contribution is -2.50. The standard InChI is InChI=1S/C19H27N5O2/c1-13-8-10-19(11-9-13,20-16(25)12-26-4)18-21-22-23-24(18)17-14(2)6-5-7-15(17)3/h5-7,13H,8-12H2,1-4H3,(H,20,25). The van der Waals surface area contributed by atoms with Gasteiger partial charge in [0.15, 0.2) is 5.82 Å². The van der Waals surface area contributed by atoms with Crippen LogP contribution in [0.25, 0.3) is 5.69 Å². The normalized spacial score (nSPS) is 23.0. The zero-order valence-electron chi connectivity index (χ0n) is 16.0. The lowest BCUT2D eigenvalue weighted by atomic mass is 9.76. The lowest BCUT2D eigenvalue weighted by Gasteiger charge is -2.39. The largest absolute Gasteiger partial charge is 0.375 e. The number of tetrazole rings is 1. The molecule has 0 atom stereocenters. The van der Waals surface area contributed by atoms with Gasteiger partial charge in [0.25, 0.3) is 0 Å². The van der Waals surface area contributed by atoms with Gasteiger partial charge in [-0.25, -0.2) is 0 Å².